The van der Waals surface area contributed by atoms with Gasteiger partial charge in [0.15, 0.2) is 0 Å². The van der Waals surface area contributed by atoms with Crippen LogP contribution in [0.4, 0.5) is 10.9 Å². The van der Waals surface area contributed by atoms with Crippen LogP contribution < -0.4 is 10.2 Å². The van der Waals surface area contributed by atoms with Gasteiger partial charge in [-0.3, -0.25) is 0 Å². The summed E-state index contributed by atoms with van der Waals surface area (Å²) in [7, 11) is 0. The van der Waals surface area contributed by atoms with Gasteiger partial charge in [0.05, 0.1) is 0 Å². The minimum Gasteiger partial charge on any atom is -0.357 e. The molecule has 7 heteroatoms. The van der Waals surface area contributed by atoms with Gasteiger partial charge in [0, 0.05) is 30.9 Å². The molecule has 0 amide bonds. The molecule has 0 saturated carbocycles. The van der Waals surface area contributed by atoms with Crippen molar-refractivity contribution in [1.29, 1.82) is 0 Å². The summed E-state index contributed by atoms with van der Waals surface area (Å²) in [4.78, 5) is 11.0. The third kappa shape index (κ3) is 3.47. The van der Waals surface area contributed by atoms with Gasteiger partial charge >= 0.3 is 0 Å². The van der Waals surface area contributed by atoms with Gasteiger partial charge in [-0.2, -0.15) is 0 Å². The average Bonchev–Trinajstić information content (AvgIpc) is 2.93. The largest absolute Gasteiger partial charge is 0.357 e. The van der Waals surface area contributed by atoms with E-state index in [9.17, 15) is 0 Å². The highest BCUT2D eigenvalue weighted by molar-refractivity contribution is 7.15. The molecular formula is C14H20N6S. The highest BCUT2D eigenvalue weighted by atomic mass is 32.1. The molecule has 3 rings (SSSR count). The summed E-state index contributed by atoms with van der Waals surface area (Å²) in [6.07, 6.45) is 4.79. The SMILES string of the molecule is CCc1cc(N2CCC(Nc3nnc(C)s3)CC2)ncn1. The van der Waals surface area contributed by atoms with Crippen molar-refractivity contribution in [1.82, 2.24) is 20.2 Å². The van der Waals surface area contributed by atoms with Crippen molar-refractivity contribution in [2.24, 2.45) is 0 Å². The van der Waals surface area contributed by atoms with Crippen LogP contribution in [0.2, 0.25) is 0 Å². The van der Waals surface area contributed by atoms with E-state index in [1.807, 2.05) is 6.92 Å². The Bertz CT molecular complexity index is 591. The second-order valence-electron chi connectivity index (χ2n) is 5.25. The summed E-state index contributed by atoms with van der Waals surface area (Å²) in [5.74, 6) is 1.05. The highest BCUT2D eigenvalue weighted by Crippen LogP contribution is 2.22. The normalized spacial score (nSPS) is 16.2. The molecule has 0 aromatic carbocycles. The van der Waals surface area contributed by atoms with Crippen LogP contribution in [-0.2, 0) is 6.42 Å². The lowest BCUT2D eigenvalue weighted by Gasteiger charge is -2.33. The highest BCUT2D eigenvalue weighted by Gasteiger charge is 2.21. The predicted octanol–water partition coefficient (Wildman–Crippen LogP) is 2.28. The fourth-order valence-electron chi connectivity index (χ4n) is 2.53. The molecule has 3 heterocycles. The molecule has 0 spiro atoms. The van der Waals surface area contributed by atoms with Crippen molar-refractivity contribution < 1.29 is 0 Å². The lowest BCUT2D eigenvalue weighted by Crippen LogP contribution is -2.39. The topological polar surface area (TPSA) is 66.8 Å². The summed E-state index contributed by atoms with van der Waals surface area (Å²) >= 11 is 1.62. The van der Waals surface area contributed by atoms with Gasteiger partial charge in [0.1, 0.15) is 17.2 Å². The zero-order valence-electron chi connectivity index (χ0n) is 12.4. The van der Waals surface area contributed by atoms with E-state index >= 15 is 0 Å². The molecule has 0 aliphatic carbocycles. The van der Waals surface area contributed by atoms with Gasteiger partial charge < -0.3 is 10.2 Å². The van der Waals surface area contributed by atoms with Crippen molar-refractivity contribution in [3.63, 3.8) is 0 Å². The zero-order valence-corrected chi connectivity index (χ0v) is 13.2. The minimum atomic E-state index is 0.473. The summed E-state index contributed by atoms with van der Waals surface area (Å²) in [5, 5.41) is 13.6. The molecule has 0 unspecified atom stereocenters. The molecule has 2 aromatic rings. The maximum atomic E-state index is 4.40. The molecule has 21 heavy (non-hydrogen) atoms. The number of aryl methyl sites for hydroxylation is 2. The molecule has 112 valence electrons. The van der Waals surface area contributed by atoms with Crippen molar-refractivity contribution in [3.05, 3.63) is 23.1 Å². The van der Waals surface area contributed by atoms with Crippen LogP contribution >= 0.6 is 11.3 Å². The van der Waals surface area contributed by atoms with E-state index in [2.05, 4.69) is 43.4 Å². The Labute approximate surface area is 128 Å². The van der Waals surface area contributed by atoms with E-state index in [1.165, 1.54) is 0 Å². The van der Waals surface area contributed by atoms with E-state index in [-0.39, 0.29) is 0 Å². The third-order valence-corrected chi connectivity index (χ3v) is 4.51. The van der Waals surface area contributed by atoms with E-state index in [1.54, 1.807) is 17.7 Å². The Morgan fingerprint density at radius 2 is 2.10 bits per heavy atom. The minimum absolute atomic E-state index is 0.473. The second-order valence-corrected chi connectivity index (χ2v) is 6.43. The fourth-order valence-corrected chi connectivity index (χ4v) is 3.20. The van der Waals surface area contributed by atoms with Crippen LogP contribution in [0.3, 0.4) is 0 Å². The number of hydrogen-bond donors (Lipinski definition) is 1. The number of rotatable bonds is 4. The Kier molecular flexibility index (Phi) is 4.28. The Balaban J connectivity index is 1.57. The molecule has 1 aliphatic rings. The van der Waals surface area contributed by atoms with E-state index in [4.69, 9.17) is 0 Å². The van der Waals surface area contributed by atoms with Crippen LogP contribution in [0.15, 0.2) is 12.4 Å². The number of hydrogen-bond acceptors (Lipinski definition) is 7. The molecule has 0 radical (unpaired) electrons. The van der Waals surface area contributed by atoms with Crippen LogP contribution in [0.1, 0.15) is 30.5 Å². The lowest BCUT2D eigenvalue weighted by molar-refractivity contribution is 0.522. The van der Waals surface area contributed by atoms with Crippen molar-refractivity contribution in [3.8, 4) is 0 Å². The maximum absolute atomic E-state index is 4.40. The first-order valence-corrected chi connectivity index (χ1v) is 8.18. The van der Waals surface area contributed by atoms with Gasteiger partial charge in [-0.25, -0.2) is 9.97 Å². The smallest absolute Gasteiger partial charge is 0.205 e. The quantitative estimate of drug-likeness (QED) is 0.934. The maximum Gasteiger partial charge on any atom is 0.205 e. The first-order chi connectivity index (χ1) is 10.2. The molecule has 1 fully saturated rings. The second kappa shape index (κ2) is 6.34. The molecule has 1 saturated heterocycles. The van der Waals surface area contributed by atoms with Crippen LogP contribution in [-0.4, -0.2) is 39.3 Å². The molecule has 1 N–H and O–H groups in total. The van der Waals surface area contributed by atoms with E-state index in [0.717, 1.165) is 54.0 Å². The number of nitrogens with one attached hydrogen (secondary N) is 1. The Hall–Kier alpha value is -1.76. The molecule has 6 nitrogen and oxygen atoms in total. The van der Waals surface area contributed by atoms with Crippen molar-refractivity contribution in [2.45, 2.75) is 39.2 Å². The number of anilines is 2. The van der Waals surface area contributed by atoms with Gasteiger partial charge in [0.2, 0.25) is 5.13 Å². The lowest BCUT2D eigenvalue weighted by atomic mass is 10.1. The molecule has 1 aliphatic heterocycles. The predicted molar refractivity (Wildman–Crippen MR) is 84.9 cm³/mol. The first-order valence-electron chi connectivity index (χ1n) is 7.37. The fraction of sp³-hybridized carbons (Fsp3) is 0.571. The van der Waals surface area contributed by atoms with E-state index in [0.29, 0.717) is 6.04 Å². The molecule has 0 atom stereocenters. The summed E-state index contributed by atoms with van der Waals surface area (Å²) in [5.41, 5.74) is 1.10. The van der Waals surface area contributed by atoms with Gasteiger partial charge in [0.25, 0.3) is 0 Å². The summed E-state index contributed by atoms with van der Waals surface area (Å²) < 4.78 is 0. The van der Waals surface area contributed by atoms with Crippen LogP contribution in [0.25, 0.3) is 0 Å². The molecule has 2 aromatic heterocycles. The first kappa shape index (κ1) is 14.2. The average molecular weight is 304 g/mol. The number of piperidine rings is 1. The van der Waals surface area contributed by atoms with Crippen molar-refractivity contribution >= 4 is 22.3 Å². The molecular weight excluding hydrogens is 284 g/mol. The van der Waals surface area contributed by atoms with Crippen LogP contribution in [0.5, 0.6) is 0 Å². The van der Waals surface area contributed by atoms with Gasteiger partial charge in [-0.15, -0.1) is 10.2 Å². The standard InChI is InChI=1S/C14H20N6S/c1-3-11-8-13(16-9-15-11)20-6-4-12(5-7-20)17-14-19-18-10(2)21-14/h8-9,12H,3-7H2,1-2H3,(H,17,19). The Morgan fingerprint density at radius 1 is 1.29 bits per heavy atom. The Morgan fingerprint density at radius 3 is 2.76 bits per heavy atom. The number of nitrogens with zero attached hydrogens (tertiary/aromatic N) is 5. The number of aromatic nitrogens is 4. The summed E-state index contributed by atoms with van der Waals surface area (Å²) in [6, 6.07) is 2.57. The van der Waals surface area contributed by atoms with Gasteiger partial charge in [-0.1, -0.05) is 18.3 Å². The summed E-state index contributed by atoms with van der Waals surface area (Å²) in [6.45, 7) is 6.11. The van der Waals surface area contributed by atoms with E-state index < -0.39 is 0 Å². The van der Waals surface area contributed by atoms with Crippen molar-refractivity contribution in [2.75, 3.05) is 23.3 Å². The zero-order chi connectivity index (χ0) is 14.7. The van der Waals surface area contributed by atoms with Crippen LogP contribution in [0, 0.1) is 6.92 Å². The molecule has 0 bridgehead atoms. The van der Waals surface area contributed by atoms with Gasteiger partial charge in [-0.05, 0) is 26.2 Å². The third-order valence-electron chi connectivity index (χ3n) is 3.74. The monoisotopic (exact) mass is 304 g/mol.